The number of nitrogens with zero attached hydrogens (tertiary/aromatic N) is 2. The van der Waals surface area contributed by atoms with Crippen molar-refractivity contribution in [2.24, 2.45) is 0 Å². The highest BCUT2D eigenvalue weighted by Crippen LogP contribution is 2.35. The van der Waals surface area contributed by atoms with Crippen molar-refractivity contribution in [1.29, 1.82) is 0 Å². The molecule has 3 aromatic carbocycles. The van der Waals surface area contributed by atoms with Crippen LogP contribution in [-0.4, -0.2) is 34.3 Å². The van der Waals surface area contributed by atoms with Gasteiger partial charge < -0.3 is 14.0 Å². The molecule has 6 nitrogen and oxygen atoms in total. The standard InChI is InChI=1S/C28H23FN2O4S/c1-34-21-10-12-22(13-11-21)35-15-14-30-17-20(23-7-3-5-9-25(23)30)16-26-27(32)31(28(33)36-26)18-19-6-2-4-8-24(19)29/h2-13,16-17H,14-15,18H2,1H3/b26-16-. The predicted molar refractivity (Wildman–Crippen MR) is 138 cm³/mol. The maximum Gasteiger partial charge on any atom is 0.293 e. The van der Waals surface area contributed by atoms with E-state index in [4.69, 9.17) is 9.47 Å². The Morgan fingerprint density at radius 2 is 1.67 bits per heavy atom. The minimum Gasteiger partial charge on any atom is -0.497 e. The van der Waals surface area contributed by atoms with Crippen LogP contribution in [0, 0.1) is 5.82 Å². The van der Waals surface area contributed by atoms with Crippen LogP contribution in [-0.2, 0) is 17.9 Å². The third-order valence-corrected chi connectivity index (χ3v) is 6.83. The second kappa shape index (κ2) is 10.3. The molecule has 36 heavy (non-hydrogen) atoms. The molecule has 1 aromatic heterocycles. The van der Waals surface area contributed by atoms with Crippen LogP contribution in [0.15, 0.2) is 83.9 Å². The Balaban J connectivity index is 1.34. The molecule has 1 aliphatic rings. The molecule has 8 heteroatoms. The van der Waals surface area contributed by atoms with Crippen molar-refractivity contribution in [1.82, 2.24) is 9.47 Å². The van der Waals surface area contributed by atoms with E-state index in [0.29, 0.717) is 23.6 Å². The van der Waals surface area contributed by atoms with Crippen molar-refractivity contribution in [2.75, 3.05) is 13.7 Å². The topological polar surface area (TPSA) is 60.8 Å². The van der Waals surface area contributed by atoms with Gasteiger partial charge in [-0.15, -0.1) is 0 Å². The normalized spacial score (nSPS) is 14.7. The lowest BCUT2D eigenvalue weighted by Gasteiger charge is -2.12. The average molecular weight is 503 g/mol. The number of halogens is 1. The van der Waals surface area contributed by atoms with E-state index >= 15 is 0 Å². The van der Waals surface area contributed by atoms with Gasteiger partial charge in [0.05, 0.1) is 25.1 Å². The molecule has 0 bridgehead atoms. The summed E-state index contributed by atoms with van der Waals surface area (Å²) < 4.78 is 27.2. The maximum absolute atomic E-state index is 14.1. The second-order valence-electron chi connectivity index (χ2n) is 8.18. The number of fused-ring (bicyclic) bond motifs is 1. The molecule has 0 saturated carbocycles. The van der Waals surface area contributed by atoms with Crippen LogP contribution in [0.25, 0.3) is 17.0 Å². The van der Waals surface area contributed by atoms with E-state index in [0.717, 1.165) is 44.6 Å². The molecule has 1 fully saturated rings. The minimum absolute atomic E-state index is 0.0981. The van der Waals surface area contributed by atoms with E-state index in [1.807, 2.05) is 54.7 Å². The Morgan fingerprint density at radius 3 is 2.44 bits per heavy atom. The van der Waals surface area contributed by atoms with Gasteiger partial charge in [0.1, 0.15) is 23.9 Å². The fourth-order valence-electron chi connectivity index (χ4n) is 4.08. The largest absolute Gasteiger partial charge is 0.497 e. The third kappa shape index (κ3) is 4.85. The zero-order chi connectivity index (χ0) is 25.1. The summed E-state index contributed by atoms with van der Waals surface area (Å²) in [7, 11) is 1.62. The number of methoxy groups -OCH3 is 1. The number of amides is 2. The van der Waals surface area contributed by atoms with E-state index in [9.17, 15) is 14.0 Å². The predicted octanol–water partition coefficient (Wildman–Crippen LogP) is 6.10. The first-order valence-corrected chi connectivity index (χ1v) is 12.2. The van der Waals surface area contributed by atoms with Crippen molar-refractivity contribution in [3.8, 4) is 11.5 Å². The third-order valence-electron chi connectivity index (χ3n) is 5.93. The highest BCUT2D eigenvalue weighted by molar-refractivity contribution is 8.18. The highest BCUT2D eigenvalue weighted by Gasteiger charge is 2.35. The molecule has 4 aromatic rings. The van der Waals surface area contributed by atoms with Crippen LogP contribution >= 0.6 is 11.8 Å². The fourth-order valence-corrected chi connectivity index (χ4v) is 4.91. The van der Waals surface area contributed by atoms with Gasteiger partial charge in [0.2, 0.25) is 0 Å². The Hall–Kier alpha value is -4.04. The fraction of sp³-hybridized carbons (Fsp3) is 0.143. The summed E-state index contributed by atoms with van der Waals surface area (Å²) in [6.45, 7) is 0.942. The molecule has 0 N–H and O–H groups in total. The van der Waals surface area contributed by atoms with E-state index in [1.165, 1.54) is 6.07 Å². The first-order valence-electron chi connectivity index (χ1n) is 11.4. The van der Waals surface area contributed by atoms with Gasteiger partial charge in [-0.3, -0.25) is 14.5 Å². The van der Waals surface area contributed by atoms with E-state index in [1.54, 1.807) is 31.4 Å². The molecule has 0 spiro atoms. The zero-order valence-electron chi connectivity index (χ0n) is 19.5. The summed E-state index contributed by atoms with van der Waals surface area (Å²) in [6.07, 6.45) is 3.68. The van der Waals surface area contributed by atoms with Crippen molar-refractivity contribution in [3.05, 3.63) is 101 Å². The number of ether oxygens (including phenoxy) is 2. The molecule has 2 amide bonds. The molecule has 182 valence electrons. The summed E-state index contributed by atoms with van der Waals surface area (Å²) >= 11 is 0.870. The Morgan fingerprint density at radius 1 is 0.944 bits per heavy atom. The molecular formula is C28H23FN2O4S. The van der Waals surface area contributed by atoms with E-state index in [-0.39, 0.29) is 6.54 Å². The van der Waals surface area contributed by atoms with Crippen LogP contribution < -0.4 is 9.47 Å². The molecule has 0 aliphatic carbocycles. The van der Waals surface area contributed by atoms with Crippen LogP contribution in [0.1, 0.15) is 11.1 Å². The molecule has 5 rings (SSSR count). The van der Waals surface area contributed by atoms with Crippen molar-refractivity contribution >= 4 is 39.9 Å². The lowest BCUT2D eigenvalue weighted by atomic mass is 10.1. The van der Waals surface area contributed by atoms with Gasteiger partial charge in [0, 0.05) is 28.2 Å². The van der Waals surface area contributed by atoms with Gasteiger partial charge in [0.15, 0.2) is 0 Å². The molecular weight excluding hydrogens is 479 g/mol. The SMILES string of the molecule is COc1ccc(OCCn2cc(/C=C3\SC(=O)N(Cc4ccccc4F)C3=O)c3ccccc32)cc1. The molecule has 0 unspecified atom stereocenters. The monoisotopic (exact) mass is 502 g/mol. The van der Waals surface area contributed by atoms with Crippen LogP contribution in [0.2, 0.25) is 0 Å². The summed E-state index contributed by atoms with van der Waals surface area (Å²) in [6, 6.07) is 21.4. The second-order valence-corrected chi connectivity index (χ2v) is 9.17. The van der Waals surface area contributed by atoms with Gasteiger partial charge >= 0.3 is 0 Å². The Kier molecular flexibility index (Phi) is 6.77. The Labute approximate surface area is 211 Å². The lowest BCUT2D eigenvalue weighted by Crippen LogP contribution is -2.27. The number of hydrogen-bond donors (Lipinski definition) is 0. The number of imide groups is 1. The van der Waals surface area contributed by atoms with E-state index in [2.05, 4.69) is 4.57 Å². The van der Waals surface area contributed by atoms with Crippen molar-refractivity contribution in [3.63, 3.8) is 0 Å². The van der Waals surface area contributed by atoms with Gasteiger partial charge in [-0.25, -0.2) is 4.39 Å². The number of hydrogen-bond acceptors (Lipinski definition) is 5. The van der Waals surface area contributed by atoms with Gasteiger partial charge in [0.25, 0.3) is 11.1 Å². The number of benzene rings is 3. The number of aromatic nitrogens is 1. The van der Waals surface area contributed by atoms with E-state index < -0.39 is 17.0 Å². The maximum atomic E-state index is 14.1. The average Bonchev–Trinajstić information content (AvgIpc) is 3.37. The number of carbonyl (C=O) groups is 2. The van der Waals surface area contributed by atoms with Crippen LogP contribution in [0.5, 0.6) is 11.5 Å². The van der Waals surface area contributed by atoms with Crippen molar-refractivity contribution in [2.45, 2.75) is 13.1 Å². The number of para-hydroxylation sites is 1. The first kappa shape index (κ1) is 23.7. The minimum atomic E-state index is -0.444. The van der Waals surface area contributed by atoms with Gasteiger partial charge in [-0.2, -0.15) is 0 Å². The highest BCUT2D eigenvalue weighted by atomic mass is 32.2. The summed E-state index contributed by atoms with van der Waals surface area (Å²) in [5, 5.41) is 0.550. The number of carbonyl (C=O) groups excluding carboxylic acids is 2. The van der Waals surface area contributed by atoms with Crippen molar-refractivity contribution < 1.29 is 23.5 Å². The summed E-state index contributed by atoms with van der Waals surface area (Å²) in [4.78, 5) is 27.0. The summed E-state index contributed by atoms with van der Waals surface area (Å²) in [5.41, 5.74) is 2.12. The molecule has 0 atom stereocenters. The summed E-state index contributed by atoms with van der Waals surface area (Å²) in [5.74, 6) is 0.645. The van der Waals surface area contributed by atoms with Crippen LogP contribution in [0.4, 0.5) is 9.18 Å². The molecule has 1 aliphatic heterocycles. The van der Waals surface area contributed by atoms with Crippen LogP contribution in [0.3, 0.4) is 0 Å². The zero-order valence-corrected chi connectivity index (χ0v) is 20.3. The van der Waals surface area contributed by atoms with Gasteiger partial charge in [-0.1, -0.05) is 36.4 Å². The number of rotatable bonds is 8. The molecule has 2 heterocycles. The quantitative estimate of drug-likeness (QED) is 0.272. The molecule has 1 saturated heterocycles. The Bertz CT molecular complexity index is 1460. The molecule has 0 radical (unpaired) electrons. The first-order chi connectivity index (χ1) is 17.5. The number of thioether (sulfide) groups is 1. The smallest absolute Gasteiger partial charge is 0.293 e. The van der Waals surface area contributed by atoms with Gasteiger partial charge in [-0.05, 0) is 54.2 Å². The lowest BCUT2D eigenvalue weighted by molar-refractivity contribution is -0.123.